The monoisotopic (exact) mass is 391 g/mol. The number of pyridine rings is 1. The number of amides is 2. The molecular weight excluding hydrogens is 366 g/mol. The van der Waals surface area contributed by atoms with Gasteiger partial charge in [0.15, 0.2) is 0 Å². The molecule has 0 saturated heterocycles. The first-order valence-corrected chi connectivity index (χ1v) is 9.10. The van der Waals surface area contributed by atoms with Gasteiger partial charge in [0.25, 0.3) is 5.91 Å². The van der Waals surface area contributed by atoms with Crippen LogP contribution in [0.25, 0.3) is 0 Å². The third-order valence-electron chi connectivity index (χ3n) is 3.85. The van der Waals surface area contributed by atoms with Crippen molar-refractivity contribution in [2.75, 3.05) is 11.5 Å². The topological polar surface area (TPSA) is 71.5 Å². The molecule has 0 aliphatic rings. The summed E-state index contributed by atoms with van der Waals surface area (Å²) >= 11 is 0. The van der Waals surface area contributed by atoms with Crippen molar-refractivity contribution in [3.8, 4) is 18.1 Å². The summed E-state index contributed by atoms with van der Waals surface area (Å²) in [5.74, 6) is 2.22. The highest BCUT2D eigenvalue weighted by molar-refractivity contribution is 6.06. The molecule has 1 heterocycles. The Kier molecular flexibility index (Phi) is 7.15. The third kappa shape index (κ3) is 5.94. The van der Waals surface area contributed by atoms with Crippen LogP contribution in [0.1, 0.15) is 32.4 Å². The average molecular weight is 391 g/mol. The van der Waals surface area contributed by atoms with Crippen molar-refractivity contribution in [3.63, 3.8) is 0 Å². The van der Waals surface area contributed by atoms with Crippen LogP contribution in [0.5, 0.6) is 5.75 Å². The number of hydrogen-bond acceptors (Lipinski definition) is 4. The van der Waals surface area contributed by atoms with Gasteiger partial charge in [-0.05, 0) is 57.2 Å². The van der Waals surface area contributed by atoms with E-state index in [-0.39, 0.29) is 12.5 Å². The number of hydrogen-bond donors (Lipinski definition) is 1. The molecule has 29 heavy (non-hydrogen) atoms. The molecule has 2 rings (SSSR count). The smallest absolute Gasteiger partial charge is 0.251 e. The lowest BCUT2D eigenvalue weighted by Crippen LogP contribution is -2.49. The quantitative estimate of drug-likeness (QED) is 0.581. The Hall–Kier alpha value is -3.59. The number of nitrogens with zero attached hydrogens (tertiary/aromatic N) is 2. The van der Waals surface area contributed by atoms with Crippen LogP contribution < -0.4 is 15.0 Å². The van der Waals surface area contributed by atoms with Gasteiger partial charge in [0.2, 0.25) is 5.91 Å². The maximum Gasteiger partial charge on any atom is 0.251 e. The lowest BCUT2D eigenvalue weighted by molar-refractivity contribution is -0.126. The van der Waals surface area contributed by atoms with Gasteiger partial charge in [0, 0.05) is 29.2 Å². The molecule has 0 aliphatic heterocycles. The molecule has 1 aromatic carbocycles. The van der Waals surface area contributed by atoms with Crippen LogP contribution in [0.4, 0.5) is 5.69 Å². The Morgan fingerprint density at radius 2 is 2.00 bits per heavy atom. The minimum atomic E-state index is -0.925. The van der Waals surface area contributed by atoms with E-state index >= 15 is 0 Å². The van der Waals surface area contributed by atoms with Crippen LogP contribution in [0.15, 0.2) is 61.4 Å². The lowest BCUT2D eigenvalue weighted by atomic mass is 10.0. The van der Waals surface area contributed by atoms with Gasteiger partial charge in [-0.15, -0.1) is 6.42 Å². The van der Waals surface area contributed by atoms with E-state index in [0.717, 1.165) is 0 Å². The Morgan fingerprint density at radius 1 is 1.31 bits per heavy atom. The summed E-state index contributed by atoms with van der Waals surface area (Å²) in [7, 11) is 0. The van der Waals surface area contributed by atoms with Crippen molar-refractivity contribution < 1.29 is 14.3 Å². The van der Waals surface area contributed by atoms with Gasteiger partial charge in [-0.3, -0.25) is 19.5 Å². The predicted octanol–water partition coefficient (Wildman–Crippen LogP) is 3.27. The van der Waals surface area contributed by atoms with Gasteiger partial charge in [0.1, 0.15) is 18.4 Å². The summed E-state index contributed by atoms with van der Waals surface area (Å²) in [6.07, 6.45) is 9.57. The fourth-order valence-electron chi connectivity index (χ4n) is 2.72. The normalized spacial score (nSPS) is 11.7. The van der Waals surface area contributed by atoms with Crippen molar-refractivity contribution in [3.05, 3.63) is 67.0 Å². The molecule has 0 radical (unpaired) electrons. The zero-order valence-electron chi connectivity index (χ0n) is 16.9. The van der Waals surface area contributed by atoms with Crippen molar-refractivity contribution in [1.29, 1.82) is 0 Å². The second kappa shape index (κ2) is 9.56. The van der Waals surface area contributed by atoms with Crippen molar-refractivity contribution >= 4 is 17.5 Å². The van der Waals surface area contributed by atoms with Gasteiger partial charge in [-0.1, -0.05) is 18.6 Å². The maximum atomic E-state index is 13.2. The summed E-state index contributed by atoms with van der Waals surface area (Å²) in [5, 5.41) is 2.94. The number of anilines is 1. The van der Waals surface area contributed by atoms with Gasteiger partial charge >= 0.3 is 0 Å². The predicted molar refractivity (Wildman–Crippen MR) is 113 cm³/mol. The highest BCUT2D eigenvalue weighted by atomic mass is 16.5. The number of carbonyl (C=O) groups is 2. The summed E-state index contributed by atoms with van der Waals surface area (Å²) in [6, 6.07) is 9.33. The number of ether oxygens (including phenoxy) is 1. The first kappa shape index (κ1) is 21.7. The standard InChI is InChI=1S/C23H25N3O3/c1-6-15-29-19-12-10-18(11-13-19)26(20(27)7-2)21(17-9-8-14-24-16-17)22(28)25-23(3,4)5/h1,7-14,16,21H,2,15H2,3-5H3,(H,25,28). The lowest BCUT2D eigenvalue weighted by Gasteiger charge is -2.33. The summed E-state index contributed by atoms with van der Waals surface area (Å²) < 4.78 is 5.39. The Morgan fingerprint density at radius 3 is 2.52 bits per heavy atom. The van der Waals surface area contributed by atoms with Gasteiger partial charge in [-0.25, -0.2) is 0 Å². The Balaban J connectivity index is 2.51. The molecule has 0 bridgehead atoms. The highest BCUT2D eigenvalue weighted by Gasteiger charge is 2.33. The SMILES string of the molecule is C#CCOc1ccc(N(C(=O)C=C)C(C(=O)NC(C)(C)C)c2cccnc2)cc1. The molecule has 1 N–H and O–H groups in total. The number of benzene rings is 1. The molecule has 1 unspecified atom stereocenters. The van der Waals surface area contributed by atoms with Crippen LogP contribution in [0.3, 0.4) is 0 Å². The van der Waals surface area contributed by atoms with Gasteiger partial charge in [-0.2, -0.15) is 0 Å². The van der Waals surface area contributed by atoms with Crippen LogP contribution in [0, 0.1) is 12.3 Å². The van der Waals surface area contributed by atoms with Crippen LogP contribution >= 0.6 is 0 Å². The second-order valence-corrected chi connectivity index (χ2v) is 7.33. The summed E-state index contributed by atoms with van der Waals surface area (Å²) in [6.45, 7) is 9.36. The fourth-order valence-corrected chi connectivity index (χ4v) is 2.72. The molecule has 0 spiro atoms. The first-order valence-electron chi connectivity index (χ1n) is 9.10. The average Bonchev–Trinajstić information content (AvgIpc) is 2.69. The highest BCUT2D eigenvalue weighted by Crippen LogP contribution is 2.30. The Labute approximate surface area is 171 Å². The zero-order chi connectivity index (χ0) is 21.4. The van der Waals surface area contributed by atoms with E-state index in [1.807, 2.05) is 20.8 Å². The van der Waals surface area contributed by atoms with E-state index in [0.29, 0.717) is 17.0 Å². The minimum absolute atomic E-state index is 0.140. The van der Waals surface area contributed by atoms with Crippen molar-refractivity contribution in [1.82, 2.24) is 10.3 Å². The van der Waals surface area contributed by atoms with Crippen LogP contribution in [-0.2, 0) is 9.59 Å². The van der Waals surface area contributed by atoms with Crippen molar-refractivity contribution in [2.45, 2.75) is 32.4 Å². The van der Waals surface area contributed by atoms with E-state index < -0.39 is 17.5 Å². The van der Waals surface area contributed by atoms with Crippen molar-refractivity contribution in [2.24, 2.45) is 0 Å². The van der Waals surface area contributed by atoms with E-state index in [9.17, 15) is 9.59 Å². The molecular formula is C23H25N3O3. The third-order valence-corrected chi connectivity index (χ3v) is 3.85. The number of rotatable bonds is 7. The number of terminal acetylenes is 1. The number of aromatic nitrogens is 1. The van der Waals surface area contributed by atoms with Gasteiger partial charge < -0.3 is 10.1 Å². The van der Waals surface area contributed by atoms with E-state index in [1.54, 1.807) is 48.8 Å². The molecule has 6 nitrogen and oxygen atoms in total. The number of nitrogens with one attached hydrogen (secondary N) is 1. The number of carbonyl (C=O) groups excluding carboxylic acids is 2. The van der Waals surface area contributed by atoms with Crippen LogP contribution in [0.2, 0.25) is 0 Å². The molecule has 2 aromatic rings. The molecule has 1 aromatic heterocycles. The second-order valence-electron chi connectivity index (χ2n) is 7.33. The van der Waals surface area contributed by atoms with E-state index in [4.69, 9.17) is 11.2 Å². The summed E-state index contributed by atoms with van der Waals surface area (Å²) in [4.78, 5) is 31.5. The van der Waals surface area contributed by atoms with E-state index in [2.05, 4.69) is 22.8 Å². The molecule has 0 saturated carbocycles. The Bertz CT molecular complexity index is 894. The molecule has 1 atom stereocenters. The first-order chi connectivity index (χ1) is 13.8. The van der Waals surface area contributed by atoms with Gasteiger partial charge in [0.05, 0.1) is 0 Å². The minimum Gasteiger partial charge on any atom is -0.481 e. The summed E-state index contributed by atoms with van der Waals surface area (Å²) in [5.41, 5.74) is 0.617. The molecule has 0 fully saturated rings. The molecule has 150 valence electrons. The fraction of sp³-hybridized carbons (Fsp3) is 0.261. The van der Waals surface area contributed by atoms with Crippen LogP contribution in [-0.4, -0.2) is 28.9 Å². The molecule has 2 amide bonds. The molecule has 6 heteroatoms. The molecule has 0 aliphatic carbocycles. The largest absolute Gasteiger partial charge is 0.481 e. The van der Waals surface area contributed by atoms with E-state index in [1.165, 1.54) is 11.0 Å². The zero-order valence-corrected chi connectivity index (χ0v) is 16.9. The maximum absolute atomic E-state index is 13.2.